The molecular weight excluding hydrogens is 356 g/mol. The van der Waals surface area contributed by atoms with Crippen LogP contribution in [0.25, 0.3) is 0 Å². The first kappa shape index (κ1) is 19.3. The molecule has 2 saturated heterocycles. The van der Waals surface area contributed by atoms with Gasteiger partial charge in [-0.25, -0.2) is 8.42 Å². The lowest BCUT2D eigenvalue weighted by atomic mass is 9.71. The molecule has 0 N–H and O–H groups in total. The van der Waals surface area contributed by atoms with Crippen molar-refractivity contribution in [2.24, 2.45) is 11.3 Å². The van der Waals surface area contributed by atoms with E-state index in [1.165, 1.54) is 6.20 Å². The van der Waals surface area contributed by atoms with Crippen molar-refractivity contribution < 1.29 is 17.9 Å². The number of aromatic nitrogens is 2. The zero-order chi connectivity index (χ0) is 18.9. The summed E-state index contributed by atoms with van der Waals surface area (Å²) >= 11 is 0. The molecule has 1 unspecified atom stereocenters. The molecule has 2 aliphatic heterocycles. The Hall–Kier alpha value is -1.45. The maximum atomic E-state index is 12.9. The number of likely N-dealkylation sites (tertiary alicyclic amines) is 1. The Morgan fingerprint density at radius 1 is 1.38 bits per heavy atom. The normalized spacial score (nSPS) is 23.7. The molecule has 1 aromatic heterocycles. The Morgan fingerprint density at radius 3 is 2.62 bits per heavy atom. The number of rotatable bonds is 5. The van der Waals surface area contributed by atoms with Crippen LogP contribution in [0.4, 0.5) is 0 Å². The Morgan fingerprint density at radius 2 is 2.08 bits per heavy atom. The molecule has 0 aliphatic carbocycles. The quantitative estimate of drug-likeness (QED) is 0.750. The minimum atomic E-state index is -3.52. The van der Waals surface area contributed by atoms with E-state index >= 15 is 0 Å². The van der Waals surface area contributed by atoms with Crippen LogP contribution in [0.5, 0.6) is 0 Å². The summed E-state index contributed by atoms with van der Waals surface area (Å²) in [5, 5.41) is 4.08. The summed E-state index contributed by atoms with van der Waals surface area (Å²) < 4.78 is 34.3. The van der Waals surface area contributed by atoms with Gasteiger partial charge in [0.05, 0.1) is 12.8 Å². The molecule has 2 fully saturated rings. The maximum Gasteiger partial charge on any atom is 0.246 e. The fourth-order valence-electron chi connectivity index (χ4n) is 4.24. The number of hydrogen-bond acceptors (Lipinski definition) is 5. The molecule has 1 atom stereocenters. The molecule has 2 aliphatic rings. The number of hydrogen-bond donors (Lipinski definition) is 0. The van der Waals surface area contributed by atoms with Crippen molar-refractivity contribution >= 4 is 15.9 Å². The average molecular weight is 385 g/mol. The number of methoxy groups -OCH3 is 1. The van der Waals surface area contributed by atoms with E-state index < -0.39 is 10.0 Å². The minimum Gasteiger partial charge on any atom is -0.384 e. The second kappa shape index (κ2) is 7.28. The largest absolute Gasteiger partial charge is 0.384 e. The molecule has 8 nitrogen and oxygen atoms in total. The third-order valence-electron chi connectivity index (χ3n) is 5.92. The summed E-state index contributed by atoms with van der Waals surface area (Å²) in [4.78, 5) is 14.0. The molecule has 3 rings (SSSR count). The van der Waals surface area contributed by atoms with Gasteiger partial charge in [-0.1, -0.05) is 0 Å². The lowest BCUT2D eigenvalue weighted by Crippen LogP contribution is -2.47. The smallest absolute Gasteiger partial charge is 0.246 e. The third kappa shape index (κ3) is 3.39. The van der Waals surface area contributed by atoms with E-state index in [1.807, 2.05) is 11.8 Å². The standard InChI is InChI=1S/C17H28N4O4S/c1-4-20-11-16(9-18-20)26(23,24)21-7-5-17(6-8-21)13-19(14(2)22)10-15(17)12-25-3/h9,11,15H,4-8,10,12-13H2,1-3H3. The highest BCUT2D eigenvalue weighted by Gasteiger charge is 2.49. The van der Waals surface area contributed by atoms with E-state index in [4.69, 9.17) is 4.74 Å². The molecule has 0 aromatic carbocycles. The average Bonchev–Trinajstić information content (AvgIpc) is 3.22. The first-order valence-electron chi connectivity index (χ1n) is 9.09. The molecule has 1 aromatic rings. The van der Waals surface area contributed by atoms with Gasteiger partial charge < -0.3 is 9.64 Å². The van der Waals surface area contributed by atoms with E-state index in [9.17, 15) is 13.2 Å². The van der Waals surface area contributed by atoms with Crippen LogP contribution in [0, 0.1) is 11.3 Å². The number of carbonyl (C=O) groups is 1. The molecule has 146 valence electrons. The SMILES string of the molecule is CCn1cc(S(=O)(=O)N2CCC3(CC2)CN(C(C)=O)CC3COC)cn1. The number of carbonyl (C=O) groups excluding carboxylic acids is 1. The monoisotopic (exact) mass is 384 g/mol. The van der Waals surface area contributed by atoms with Gasteiger partial charge in [-0.15, -0.1) is 0 Å². The zero-order valence-corrected chi connectivity index (χ0v) is 16.5. The van der Waals surface area contributed by atoms with Gasteiger partial charge in [0.2, 0.25) is 15.9 Å². The van der Waals surface area contributed by atoms with E-state index in [1.54, 1.807) is 29.2 Å². The van der Waals surface area contributed by atoms with Crippen LogP contribution < -0.4 is 0 Å². The molecule has 26 heavy (non-hydrogen) atoms. The van der Waals surface area contributed by atoms with Gasteiger partial charge in [0.15, 0.2) is 0 Å². The van der Waals surface area contributed by atoms with Gasteiger partial charge in [0.1, 0.15) is 4.90 Å². The van der Waals surface area contributed by atoms with Gasteiger partial charge in [-0.3, -0.25) is 9.48 Å². The van der Waals surface area contributed by atoms with Crippen molar-refractivity contribution in [2.75, 3.05) is 39.9 Å². The number of piperidine rings is 1. The van der Waals surface area contributed by atoms with Crippen LogP contribution in [-0.2, 0) is 26.1 Å². The fourth-order valence-corrected chi connectivity index (χ4v) is 5.64. The van der Waals surface area contributed by atoms with Crippen LogP contribution >= 0.6 is 0 Å². The summed E-state index contributed by atoms with van der Waals surface area (Å²) in [7, 11) is -1.84. The molecule has 3 heterocycles. The first-order valence-corrected chi connectivity index (χ1v) is 10.5. The lowest BCUT2D eigenvalue weighted by molar-refractivity contribution is -0.128. The third-order valence-corrected chi connectivity index (χ3v) is 7.77. The van der Waals surface area contributed by atoms with Crippen molar-refractivity contribution in [1.82, 2.24) is 19.0 Å². The molecule has 1 amide bonds. The Labute approximate surface area is 155 Å². The molecule has 0 bridgehead atoms. The van der Waals surface area contributed by atoms with Gasteiger partial charge in [0.25, 0.3) is 0 Å². The highest BCUT2D eigenvalue weighted by atomic mass is 32.2. The summed E-state index contributed by atoms with van der Waals surface area (Å²) in [5.74, 6) is 0.328. The van der Waals surface area contributed by atoms with Gasteiger partial charge in [-0.2, -0.15) is 9.40 Å². The Balaban J connectivity index is 1.74. The maximum absolute atomic E-state index is 12.9. The van der Waals surface area contributed by atoms with Crippen molar-refractivity contribution in [3.05, 3.63) is 12.4 Å². The van der Waals surface area contributed by atoms with E-state index in [-0.39, 0.29) is 22.1 Å². The molecule has 9 heteroatoms. The lowest BCUT2D eigenvalue weighted by Gasteiger charge is -2.41. The number of ether oxygens (including phenoxy) is 1. The van der Waals surface area contributed by atoms with Gasteiger partial charge in [-0.05, 0) is 25.2 Å². The van der Waals surface area contributed by atoms with E-state index in [0.29, 0.717) is 39.3 Å². The summed E-state index contributed by atoms with van der Waals surface area (Å²) in [6, 6.07) is 0. The predicted octanol–water partition coefficient (Wildman–Crippen LogP) is 0.799. The van der Waals surface area contributed by atoms with E-state index in [2.05, 4.69) is 5.10 Å². The molecule has 0 saturated carbocycles. The van der Waals surface area contributed by atoms with E-state index in [0.717, 1.165) is 12.8 Å². The number of aryl methyl sites for hydroxylation is 1. The van der Waals surface area contributed by atoms with Crippen LogP contribution in [0.15, 0.2) is 17.3 Å². The number of nitrogens with zero attached hydrogens (tertiary/aromatic N) is 4. The fraction of sp³-hybridized carbons (Fsp3) is 0.765. The molecule has 1 spiro atoms. The van der Waals surface area contributed by atoms with Crippen LogP contribution in [0.2, 0.25) is 0 Å². The number of sulfonamides is 1. The summed E-state index contributed by atoms with van der Waals surface area (Å²) in [5.41, 5.74) is -0.0543. The topological polar surface area (TPSA) is 84.7 Å². The number of amides is 1. The second-order valence-corrected chi connectivity index (χ2v) is 9.29. The predicted molar refractivity (Wildman–Crippen MR) is 95.9 cm³/mol. The Bertz CT molecular complexity index is 753. The van der Waals surface area contributed by atoms with Crippen LogP contribution in [0.1, 0.15) is 26.7 Å². The van der Waals surface area contributed by atoms with Crippen LogP contribution in [-0.4, -0.2) is 73.2 Å². The first-order chi connectivity index (χ1) is 12.3. The second-order valence-electron chi connectivity index (χ2n) is 7.35. The minimum absolute atomic E-state index is 0.0543. The molecular formula is C17H28N4O4S. The van der Waals surface area contributed by atoms with Crippen molar-refractivity contribution in [3.63, 3.8) is 0 Å². The van der Waals surface area contributed by atoms with Gasteiger partial charge in [0, 0.05) is 58.9 Å². The summed E-state index contributed by atoms with van der Waals surface area (Å²) in [6.07, 6.45) is 4.49. The highest BCUT2D eigenvalue weighted by Crippen LogP contribution is 2.45. The van der Waals surface area contributed by atoms with Crippen LogP contribution in [0.3, 0.4) is 0 Å². The van der Waals surface area contributed by atoms with Crippen molar-refractivity contribution in [3.8, 4) is 0 Å². The van der Waals surface area contributed by atoms with Crippen molar-refractivity contribution in [1.29, 1.82) is 0 Å². The zero-order valence-electron chi connectivity index (χ0n) is 15.7. The van der Waals surface area contributed by atoms with Crippen molar-refractivity contribution in [2.45, 2.75) is 38.1 Å². The summed E-state index contributed by atoms with van der Waals surface area (Å²) in [6.45, 7) is 7.06. The van der Waals surface area contributed by atoms with Gasteiger partial charge >= 0.3 is 0 Å². The Kier molecular flexibility index (Phi) is 5.41. The highest BCUT2D eigenvalue weighted by molar-refractivity contribution is 7.89. The molecule has 0 radical (unpaired) electrons.